The lowest BCUT2D eigenvalue weighted by Crippen LogP contribution is -2.42. The zero-order chi connectivity index (χ0) is 25.9. The van der Waals surface area contributed by atoms with E-state index in [-0.39, 0.29) is 18.0 Å². The Morgan fingerprint density at radius 1 is 0.889 bits per heavy atom. The minimum absolute atomic E-state index is 0.0992. The van der Waals surface area contributed by atoms with Gasteiger partial charge in [0.15, 0.2) is 0 Å². The molecule has 0 radical (unpaired) electrons. The predicted octanol–water partition coefficient (Wildman–Crippen LogP) is 7.17. The number of para-hydroxylation sites is 1. The molecule has 2 heterocycles. The SMILES string of the molecule is Cc1ccc(C2CCN(C(=O)Nc3c(Cl)cccc3C3CCN(C(=O)OC(C)(C)C)CC3)CC2)cc1. The zero-order valence-corrected chi connectivity index (χ0v) is 22.6. The lowest BCUT2D eigenvalue weighted by atomic mass is 9.88. The van der Waals surface area contributed by atoms with Gasteiger partial charge in [-0.05, 0) is 82.4 Å². The molecule has 2 aliphatic heterocycles. The number of hydrogen-bond donors (Lipinski definition) is 1. The molecule has 194 valence electrons. The first kappa shape index (κ1) is 26.3. The van der Waals surface area contributed by atoms with Crippen molar-refractivity contribution in [3.05, 3.63) is 64.2 Å². The van der Waals surface area contributed by atoms with Gasteiger partial charge in [-0.15, -0.1) is 0 Å². The van der Waals surface area contributed by atoms with Crippen LogP contribution in [-0.2, 0) is 4.74 Å². The highest BCUT2D eigenvalue weighted by atomic mass is 35.5. The van der Waals surface area contributed by atoms with Gasteiger partial charge in [-0.25, -0.2) is 9.59 Å². The van der Waals surface area contributed by atoms with Crippen LogP contribution in [0.25, 0.3) is 0 Å². The summed E-state index contributed by atoms with van der Waals surface area (Å²) in [6.07, 6.45) is 3.23. The summed E-state index contributed by atoms with van der Waals surface area (Å²) >= 11 is 6.58. The number of anilines is 1. The topological polar surface area (TPSA) is 61.9 Å². The number of hydrogen-bond acceptors (Lipinski definition) is 3. The number of carbonyl (C=O) groups is 2. The van der Waals surface area contributed by atoms with Crippen molar-refractivity contribution in [3.8, 4) is 0 Å². The standard InChI is InChI=1S/C29H38ClN3O3/c1-20-8-10-21(11-9-20)22-12-16-32(17-13-22)27(34)31-26-24(6-5-7-25(26)30)23-14-18-33(19-15-23)28(35)36-29(2,3)4/h5-11,22-23H,12-19H2,1-4H3,(H,31,34). The molecule has 0 unspecified atom stereocenters. The Morgan fingerprint density at radius 2 is 1.47 bits per heavy atom. The van der Waals surface area contributed by atoms with Gasteiger partial charge in [-0.2, -0.15) is 0 Å². The van der Waals surface area contributed by atoms with Crippen LogP contribution in [0.3, 0.4) is 0 Å². The van der Waals surface area contributed by atoms with Gasteiger partial charge < -0.3 is 19.9 Å². The number of nitrogens with zero attached hydrogens (tertiary/aromatic N) is 2. The average molecular weight is 512 g/mol. The molecule has 3 amide bonds. The molecule has 2 saturated heterocycles. The molecule has 4 rings (SSSR count). The number of urea groups is 1. The van der Waals surface area contributed by atoms with E-state index in [0.29, 0.717) is 29.7 Å². The number of rotatable bonds is 3. The first-order valence-electron chi connectivity index (χ1n) is 13.0. The van der Waals surface area contributed by atoms with Gasteiger partial charge in [0, 0.05) is 26.2 Å². The fourth-order valence-electron chi connectivity index (χ4n) is 5.15. The second-order valence-electron chi connectivity index (χ2n) is 11.0. The first-order valence-corrected chi connectivity index (χ1v) is 13.4. The summed E-state index contributed by atoms with van der Waals surface area (Å²) in [6, 6.07) is 14.4. The van der Waals surface area contributed by atoms with Crippen LogP contribution >= 0.6 is 11.6 Å². The van der Waals surface area contributed by atoms with E-state index in [9.17, 15) is 9.59 Å². The maximum Gasteiger partial charge on any atom is 0.410 e. The Kier molecular flexibility index (Phi) is 8.13. The van der Waals surface area contributed by atoms with Gasteiger partial charge in [-0.1, -0.05) is 53.6 Å². The molecule has 0 spiro atoms. The summed E-state index contributed by atoms with van der Waals surface area (Å²) in [5, 5.41) is 3.67. The summed E-state index contributed by atoms with van der Waals surface area (Å²) in [4.78, 5) is 29.3. The number of aryl methyl sites for hydroxylation is 1. The summed E-state index contributed by atoms with van der Waals surface area (Å²) in [6.45, 7) is 10.4. The number of halogens is 1. The summed E-state index contributed by atoms with van der Waals surface area (Å²) in [7, 11) is 0. The minimum atomic E-state index is -0.507. The molecule has 36 heavy (non-hydrogen) atoms. The van der Waals surface area contributed by atoms with Crippen molar-refractivity contribution in [2.45, 2.75) is 70.8 Å². The third-order valence-corrected chi connectivity index (χ3v) is 7.51. The number of piperidine rings is 2. The maximum atomic E-state index is 13.2. The quantitative estimate of drug-likeness (QED) is 0.475. The highest BCUT2D eigenvalue weighted by Crippen LogP contribution is 2.37. The molecule has 0 aromatic heterocycles. The fraction of sp³-hybridized carbons (Fsp3) is 0.517. The minimum Gasteiger partial charge on any atom is -0.444 e. The van der Waals surface area contributed by atoms with Crippen molar-refractivity contribution in [1.29, 1.82) is 0 Å². The predicted molar refractivity (Wildman–Crippen MR) is 145 cm³/mol. The van der Waals surface area contributed by atoms with E-state index in [1.807, 2.05) is 43.9 Å². The third-order valence-electron chi connectivity index (χ3n) is 7.20. The Balaban J connectivity index is 1.36. The third kappa shape index (κ3) is 6.52. The number of ether oxygens (including phenoxy) is 1. The van der Waals surface area contributed by atoms with Gasteiger partial charge in [0.1, 0.15) is 5.60 Å². The van der Waals surface area contributed by atoms with E-state index in [1.165, 1.54) is 11.1 Å². The monoisotopic (exact) mass is 511 g/mol. The molecule has 2 aliphatic rings. The normalized spacial score (nSPS) is 17.7. The second-order valence-corrected chi connectivity index (χ2v) is 11.5. The molecular weight excluding hydrogens is 474 g/mol. The largest absolute Gasteiger partial charge is 0.444 e. The van der Waals surface area contributed by atoms with Gasteiger partial charge in [-0.3, -0.25) is 0 Å². The summed E-state index contributed by atoms with van der Waals surface area (Å²) < 4.78 is 5.53. The highest BCUT2D eigenvalue weighted by molar-refractivity contribution is 6.33. The van der Waals surface area contributed by atoms with Crippen LogP contribution in [0, 0.1) is 6.92 Å². The van der Waals surface area contributed by atoms with E-state index in [4.69, 9.17) is 16.3 Å². The lowest BCUT2D eigenvalue weighted by molar-refractivity contribution is 0.0205. The van der Waals surface area contributed by atoms with Gasteiger partial charge in [0.25, 0.3) is 0 Å². The lowest BCUT2D eigenvalue weighted by Gasteiger charge is -2.35. The van der Waals surface area contributed by atoms with Crippen LogP contribution in [-0.4, -0.2) is 53.7 Å². The number of likely N-dealkylation sites (tertiary alicyclic amines) is 2. The molecule has 0 atom stereocenters. The second kappa shape index (κ2) is 11.1. The van der Waals surface area contributed by atoms with Gasteiger partial charge >= 0.3 is 12.1 Å². The smallest absolute Gasteiger partial charge is 0.410 e. The highest BCUT2D eigenvalue weighted by Gasteiger charge is 2.30. The molecule has 0 saturated carbocycles. The van der Waals surface area contributed by atoms with Crippen molar-refractivity contribution in [3.63, 3.8) is 0 Å². The Bertz CT molecular complexity index is 1060. The van der Waals surface area contributed by atoms with Gasteiger partial charge in [0.05, 0.1) is 10.7 Å². The van der Waals surface area contributed by atoms with E-state index in [1.54, 1.807) is 4.90 Å². The fourth-order valence-corrected chi connectivity index (χ4v) is 5.38. The van der Waals surface area contributed by atoms with Gasteiger partial charge in [0.2, 0.25) is 0 Å². The Labute approximate surface area is 219 Å². The van der Waals surface area contributed by atoms with Crippen molar-refractivity contribution < 1.29 is 14.3 Å². The van der Waals surface area contributed by atoms with Crippen molar-refractivity contribution in [2.24, 2.45) is 0 Å². The first-order chi connectivity index (χ1) is 17.1. The van der Waals surface area contributed by atoms with Crippen LogP contribution < -0.4 is 5.32 Å². The number of benzene rings is 2. The van der Waals surface area contributed by atoms with Crippen LogP contribution in [0.4, 0.5) is 15.3 Å². The van der Waals surface area contributed by atoms with E-state index in [0.717, 1.165) is 44.3 Å². The maximum absolute atomic E-state index is 13.2. The van der Waals surface area contributed by atoms with Crippen LogP contribution in [0.5, 0.6) is 0 Å². The number of amides is 3. The Hall–Kier alpha value is -2.73. The van der Waals surface area contributed by atoms with E-state index in [2.05, 4.69) is 36.5 Å². The molecule has 6 nitrogen and oxygen atoms in total. The molecule has 1 N–H and O–H groups in total. The molecule has 0 aliphatic carbocycles. The average Bonchev–Trinajstić information content (AvgIpc) is 2.85. The van der Waals surface area contributed by atoms with Crippen LogP contribution in [0.15, 0.2) is 42.5 Å². The van der Waals surface area contributed by atoms with Crippen LogP contribution in [0.2, 0.25) is 5.02 Å². The molecule has 2 fully saturated rings. The molecule has 2 aromatic carbocycles. The molecule has 2 aromatic rings. The summed E-state index contributed by atoms with van der Waals surface area (Å²) in [5.41, 5.74) is 3.84. The Morgan fingerprint density at radius 3 is 2.08 bits per heavy atom. The van der Waals surface area contributed by atoms with Crippen molar-refractivity contribution in [1.82, 2.24) is 9.80 Å². The van der Waals surface area contributed by atoms with Crippen molar-refractivity contribution in [2.75, 3.05) is 31.5 Å². The molecule has 0 bridgehead atoms. The number of nitrogens with one attached hydrogen (secondary N) is 1. The zero-order valence-electron chi connectivity index (χ0n) is 21.9. The van der Waals surface area contributed by atoms with Crippen LogP contribution in [0.1, 0.15) is 75.0 Å². The molecule has 7 heteroatoms. The van der Waals surface area contributed by atoms with E-state index >= 15 is 0 Å². The molecular formula is C29H38ClN3O3. The number of carbonyl (C=O) groups excluding carboxylic acids is 2. The summed E-state index contributed by atoms with van der Waals surface area (Å²) in [5.74, 6) is 0.700. The van der Waals surface area contributed by atoms with E-state index < -0.39 is 5.60 Å². The van der Waals surface area contributed by atoms with Crippen molar-refractivity contribution >= 4 is 29.4 Å².